The highest BCUT2D eigenvalue weighted by atomic mass is 19.1. The van der Waals surface area contributed by atoms with Crippen LogP contribution in [0, 0.1) is 5.82 Å². The minimum atomic E-state index is -0.354. The van der Waals surface area contributed by atoms with Gasteiger partial charge in [-0.15, -0.1) is 0 Å². The number of hydrogen-bond acceptors (Lipinski definition) is 3. The van der Waals surface area contributed by atoms with E-state index >= 15 is 0 Å². The Balaban J connectivity index is 2.50. The maximum Gasteiger partial charge on any atom is 0.133 e. The Bertz CT molecular complexity index is 820. The highest BCUT2D eigenvalue weighted by Gasteiger charge is 2.11. The van der Waals surface area contributed by atoms with Gasteiger partial charge in [-0.05, 0) is 36.1 Å². The lowest BCUT2D eigenvalue weighted by molar-refractivity contribution is 0.436. The molecule has 0 saturated heterocycles. The van der Waals surface area contributed by atoms with Crippen molar-refractivity contribution >= 4 is 23.7 Å². The van der Waals surface area contributed by atoms with E-state index in [4.69, 9.17) is 0 Å². The SMILES string of the molecule is C=C/C(O)=C(\C=C)c1ccc(-c2cc(N=C)c(NC)cc2F)cc1. The second kappa shape index (κ2) is 7.42. The van der Waals surface area contributed by atoms with Crippen LogP contribution in [0.5, 0.6) is 0 Å². The molecule has 2 aromatic carbocycles. The van der Waals surface area contributed by atoms with Crippen LogP contribution in [0.15, 0.2) is 72.5 Å². The van der Waals surface area contributed by atoms with E-state index < -0.39 is 0 Å². The van der Waals surface area contributed by atoms with Crippen molar-refractivity contribution in [3.63, 3.8) is 0 Å². The van der Waals surface area contributed by atoms with Gasteiger partial charge in [-0.1, -0.05) is 43.5 Å². The average Bonchev–Trinajstić information content (AvgIpc) is 2.62. The first-order valence-corrected chi connectivity index (χ1v) is 7.32. The lowest BCUT2D eigenvalue weighted by atomic mass is 9.98. The lowest BCUT2D eigenvalue weighted by Crippen LogP contribution is -1.93. The molecule has 0 radical (unpaired) electrons. The molecule has 0 heterocycles. The van der Waals surface area contributed by atoms with Gasteiger partial charge in [-0.3, -0.25) is 4.99 Å². The van der Waals surface area contributed by atoms with Crippen LogP contribution in [-0.2, 0) is 0 Å². The predicted octanol–water partition coefficient (Wildman–Crippen LogP) is 5.51. The number of allylic oxidation sites excluding steroid dienone is 3. The zero-order chi connectivity index (χ0) is 17.7. The van der Waals surface area contributed by atoms with E-state index in [1.807, 2.05) is 0 Å². The molecule has 0 bridgehead atoms. The summed E-state index contributed by atoms with van der Waals surface area (Å²) >= 11 is 0. The summed E-state index contributed by atoms with van der Waals surface area (Å²) in [4.78, 5) is 3.92. The first-order chi connectivity index (χ1) is 11.5. The molecule has 0 aromatic heterocycles. The fraction of sp³-hybridized carbons (Fsp3) is 0.0500. The molecule has 2 rings (SSSR count). The summed E-state index contributed by atoms with van der Waals surface area (Å²) in [5.74, 6) is -0.312. The van der Waals surface area contributed by atoms with Crippen LogP contribution in [0.4, 0.5) is 15.8 Å². The number of aliphatic imine (C=N–C) groups is 1. The molecule has 0 aliphatic rings. The molecule has 24 heavy (non-hydrogen) atoms. The molecule has 3 nitrogen and oxygen atoms in total. The predicted molar refractivity (Wildman–Crippen MR) is 101 cm³/mol. The molecule has 0 fully saturated rings. The summed E-state index contributed by atoms with van der Waals surface area (Å²) in [7, 11) is 1.70. The third-order valence-electron chi connectivity index (χ3n) is 3.71. The molecule has 4 heteroatoms. The largest absolute Gasteiger partial charge is 0.507 e. The van der Waals surface area contributed by atoms with Crippen molar-refractivity contribution in [2.75, 3.05) is 12.4 Å². The molecule has 122 valence electrons. The molecule has 0 atom stereocenters. The highest BCUT2D eigenvalue weighted by molar-refractivity contribution is 5.80. The minimum absolute atomic E-state index is 0.0421. The summed E-state index contributed by atoms with van der Waals surface area (Å²) in [6.07, 6.45) is 2.90. The number of rotatable bonds is 6. The van der Waals surface area contributed by atoms with Crippen LogP contribution in [0.25, 0.3) is 16.7 Å². The molecule has 0 unspecified atom stereocenters. The van der Waals surface area contributed by atoms with Gasteiger partial charge in [0.2, 0.25) is 0 Å². The molecule has 2 aromatic rings. The standard InChI is InChI=1S/C20H19FN2O/c1-5-15(20(24)6-2)13-7-9-14(10-8-13)16-11-18(22-3)19(23-4)12-17(16)21/h5-12,23-24H,1-3H2,4H3/b20-15-. The summed E-state index contributed by atoms with van der Waals surface area (Å²) < 4.78 is 14.4. The fourth-order valence-corrected chi connectivity index (χ4v) is 2.42. The van der Waals surface area contributed by atoms with Crippen LogP contribution in [0.1, 0.15) is 5.56 Å². The molecule has 0 aliphatic carbocycles. The number of aliphatic hydroxyl groups excluding tert-OH is 1. The summed E-state index contributed by atoms with van der Waals surface area (Å²) in [5, 5.41) is 12.7. The molecular weight excluding hydrogens is 303 g/mol. The lowest BCUT2D eigenvalue weighted by Gasteiger charge is -2.11. The third kappa shape index (κ3) is 3.27. The van der Waals surface area contributed by atoms with Crippen molar-refractivity contribution in [3.05, 3.63) is 78.8 Å². The third-order valence-corrected chi connectivity index (χ3v) is 3.71. The van der Waals surface area contributed by atoms with E-state index in [9.17, 15) is 9.50 Å². The van der Waals surface area contributed by atoms with Crippen molar-refractivity contribution in [1.29, 1.82) is 0 Å². The van der Waals surface area contributed by atoms with E-state index in [-0.39, 0.29) is 11.6 Å². The number of nitrogens with zero attached hydrogens (tertiary/aromatic N) is 1. The zero-order valence-corrected chi connectivity index (χ0v) is 13.5. The van der Waals surface area contributed by atoms with Crippen molar-refractivity contribution < 1.29 is 9.50 Å². The van der Waals surface area contributed by atoms with Gasteiger partial charge >= 0.3 is 0 Å². The molecule has 2 N–H and O–H groups in total. The Kier molecular flexibility index (Phi) is 5.32. The Hall–Kier alpha value is -3.14. The van der Waals surface area contributed by atoms with Crippen molar-refractivity contribution in [2.45, 2.75) is 0 Å². The Morgan fingerprint density at radius 2 is 1.83 bits per heavy atom. The van der Waals surface area contributed by atoms with Gasteiger partial charge in [0.1, 0.15) is 11.6 Å². The van der Waals surface area contributed by atoms with Crippen molar-refractivity contribution in [1.82, 2.24) is 0 Å². The molecule has 0 spiro atoms. The molecule has 0 amide bonds. The molecule has 0 aliphatic heterocycles. The second-order valence-corrected chi connectivity index (χ2v) is 5.04. The monoisotopic (exact) mass is 322 g/mol. The van der Waals surface area contributed by atoms with E-state index in [2.05, 4.69) is 30.2 Å². The normalized spacial score (nSPS) is 11.4. The van der Waals surface area contributed by atoms with Gasteiger partial charge in [0.15, 0.2) is 0 Å². The number of nitrogens with one attached hydrogen (secondary N) is 1. The van der Waals surface area contributed by atoms with E-state index in [1.54, 1.807) is 43.5 Å². The second-order valence-electron chi connectivity index (χ2n) is 5.04. The first kappa shape index (κ1) is 17.2. The minimum Gasteiger partial charge on any atom is -0.507 e. The average molecular weight is 322 g/mol. The van der Waals surface area contributed by atoms with E-state index in [0.717, 1.165) is 5.56 Å². The summed E-state index contributed by atoms with van der Waals surface area (Å²) in [6.45, 7) is 10.7. The van der Waals surface area contributed by atoms with Crippen LogP contribution < -0.4 is 5.32 Å². The van der Waals surface area contributed by atoms with Crippen LogP contribution in [0.3, 0.4) is 0 Å². The number of anilines is 1. The summed E-state index contributed by atoms with van der Waals surface area (Å²) in [6, 6.07) is 10.2. The van der Waals surface area contributed by atoms with Crippen molar-refractivity contribution in [2.24, 2.45) is 4.99 Å². The fourth-order valence-electron chi connectivity index (χ4n) is 2.42. The highest BCUT2D eigenvalue weighted by Crippen LogP contribution is 2.34. The molecular formula is C20H19FN2O. The quantitative estimate of drug-likeness (QED) is 0.418. The van der Waals surface area contributed by atoms with Gasteiger partial charge in [0.25, 0.3) is 0 Å². The Labute approximate surface area is 141 Å². The first-order valence-electron chi connectivity index (χ1n) is 7.32. The number of benzene rings is 2. The smallest absolute Gasteiger partial charge is 0.133 e. The number of halogens is 1. The maximum absolute atomic E-state index is 14.4. The van der Waals surface area contributed by atoms with Crippen LogP contribution >= 0.6 is 0 Å². The van der Waals surface area contributed by atoms with Crippen molar-refractivity contribution in [3.8, 4) is 11.1 Å². The van der Waals surface area contributed by atoms with Gasteiger partial charge < -0.3 is 10.4 Å². The number of hydrogen-bond donors (Lipinski definition) is 2. The van der Waals surface area contributed by atoms with Gasteiger partial charge in [0.05, 0.1) is 11.4 Å². The Morgan fingerprint density at radius 1 is 1.17 bits per heavy atom. The van der Waals surface area contributed by atoms with Crippen LogP contribution in [0.2, 0.25) is 0 Å². The zero-order valence-electron chi connectivity index (χ0n) is 13.5. The summed E-state index contributed by atoms with van der Waals surface area (Å²) in [5.41, 5.74) is 3.62. The Morgan fingerprint density at radius 3 is 2.33 bits per heavy atom. The molecule has 0 saturated carbocycles. The van der Waals surface area contributed by atoms with Gasteiger partial charge in [0, 0.05) is 18.2 Å². The van der Waals surface area contributed by atoms with E-state index in [0.29, 0.717) is 28.1 Å². The number of aliphatic hydroxyl groups is 1. The maximum atomic E-state index is 14.4. The van der Waals surface area contributed by atoms with Gasteiger partial charge in [-0.2, -0.15) is 0 Å². The topological polar surface area (TPSA) is 44.6 Å². The van der Waals surface area contributed by atoms with Crippen LogP contribution in [-0.4, -0.2) is 18.9 Å². The van der Waals surface area contributed by atoms with E-state index in [1.165, 1.54) is 12.1 Å². The van der Waals surface area contributed by atoms with Gasteiger partial charge in [-0.25, -0.2) is 4.39 Å².